The molecular formula is C13H9BrF3NO2S. The molecule has 1 N–H and O–H groups in total. The first kappa shape index (κ1) is 15.8. The van der Waals surface area contributed by atoms with Crippen LogP contribution in [0, 0.1) is 24.4 Å². The summed E-state index contributed by atoms with van der Waals surface area (Å²) >= 11 is 3.18. The lowest BCUT2D eigenvalue weighted by atomic mass is 10.2. The zero-order valence-corrected chi connectivity index (χ0v) is 13.0. The van der Waals surface area contributed by atoms with E-state index in [1.807, 2.05) is 0 Å². The van der Waals surface area contributed by atoms with Gasteiger partial charge in [0.05, 0.1) is 5.69 Å². The van der Waals surface area contributed by atoms with Gasteiger partial charge in [0.15, 0.2) is 4.90 Å². The Morgan fingerprint density at radius 1 is 1.00 bits per heavy atom. The van der Waals surface area contributed by atoms with Crippen molar-refractivity contribution in [1.29, 1.82) is 0 Å². The van der Waals surface area contributed by atoms with E-state index in [0.29, 0.717) is 16.6 Å². The van der Waals surface area contributed by atoms with E-state index in [-0.39, 0.29) is 5.69 Å². The number of halogens is 4. The molecule has 21 heavy (non-hydrogen) atoms. The molecule has 0 atom stereocenters. The van der Waals surface area contributed by atoms with Crippen LogP contribution >= 0.6 is 15.9 Å². The van der Waals surface area contributed by atoms with E-state index in [1.54, 1.807) is 13.0 Å². The molecule has 0 amide bonds. The van der Waals surface area contributed by atoms with Gasteiger partial charge >= 0.3 is 0 Å². The first-order valence-corrected chi connectivity index (χ1v) is 7.91. The number of rotatable bonds is 3. The van der Waals surface area contributed by atoms with Crippen LogP contribution in [0.1, 0.15) is 5.56 Å². The van der Waals surface area contributed by atoms with Gasteiger partial charge in [-0.05, 0) is 30.7 Å². The van der Waals surface area contributed by atoms with Gasteiger partial charge < -0.3 is 0 Å². The van der Waals surface area contributed by atoms with Crippen LogP contribution in [-0.2, 0) is 10.0 Å². The van der Waals surface area contributed by atoms with E-state index < -0.39 is 32.4 Å². The zero-order valence-electron chi connectivity index (χ0n) is 10.6. The number of benzene rings is 2. The molecule has 0 aromatic heterocycles. The first-order valence-electron chi connectivity index (χ1n) is 5.63. The first-order chi connectivity index (χ1) is 9.69. The molecule has 2 rings (SSSR count). The molecule has 0 unspecified atom stereocenters. The van der Waals surface area contributed by atoms with E-state index in [0.717, 1.165) is 5.56 Å². The highest BCUT2D eigenvalue weighted by molar-refractivity contribution is 9.10. The molecule has 0 fully saturated rings. The second-order valence-corrected chi connectivity index (χ2v) is 6.86. The summed E-state index contributed by atoms with van der Waals surface area (Å²) in [7, 11) is -4.51. The normalized spacial score (nSPS) is 11.5. The van der Waals surface area contributed by atoms with Crippen LogP contribution in [0.4, 0.5) is 18.9 Å². The molecule has 0 saturated heterocycles. The highest BCUT2D eigenvalue weighted by Crippen LogP contribution is 2.25. The number of aryl methyl sites for hydroxylation is 1. The Kier molecular flexibility index (Phi) is 4.29. The number of nitrogens with one attached hydrogen (secondary N) is 1. The van der Waals surface area contributed by atoms with Gasteiger partial charge in [-0.25, -0.2) is 21.6 Å². The molecule has 0 radical (unpaired) electrons. The van der Waals surface area contributed by atoms with Gasteiger partial charge in [-0.15, -0.1) is 0 Å². The average Bonchev–Trinajstić information content (AvgIpc) is 2.23. The minimum Gasteiger partial charge on any atom is -0.279 e. The number of hydrogen-bond acceptors (Lipinski definition) is 2. The van der Waals surface area contributed by atoms with Crippen LogP contribution in [0.2, 0.25) is 0 Å². The summed E-state index contributed by atoms with van der Waals surface area (Å²) in [4.78, 5) is -1.22. The highest BCUT2D eigenvalue weighted by Gasteiger charge is 2.25. The van der Waals surface area contributed by atoms with Crippen molar-refractivity contribution in [2.45, 2.75) is 11.8 Å². The maximum absolute atomic E-state index is 13.6. The third-order valence-corrected chi connectivity index (χ3v) is 4.42. The SMILES string of the molecule is Cc1cc(Br)cc(NS(=O)(=O)c2c(F)cc(F)cc2F)c1. The van der Waals surface area contributed by atoms with Crippen LogP contribution in [-0.4, -0.2) is 8.42 Å². The predicted octanol–water partition coefficient (Wildman–Crippen LogP) is 3.98. The fourth-order valence-corrected chi connectivity index (χ4v) is 3.56. The van der Waals surface area contributed by atoms with Crippen LogP contribution in [0.25, 0.3) is 0 Å². The Morgan fingerprint density at radius 2 is 1.57 bits per heavy atom. The quantitative estimate of drug-likeness (QED) is 0.876. The standard InChI is InChI=1S/C13H9BrF3NO2S/c1-7-2-8(14)4-10(3-7)18-21(19,20)13-11(16)5-9(15)6-12(13)17/h2-6,18H,1H3. The maximum Gasteiger partial charge on any atom is 0.267 e. The molecule has 0 saturated carbocycles. The van der Waals surface area contributed by atoms with Crippen molar-refractivity contribution in [3.8, 4) is 0 Å². The Labute approximate surface area is 128 Å². The number of anilines is 1. The molecule has 2 aromatic rings. The van der Waals surface area contributed by atoms with Gasteiger partial charge in [-0.3, -0.25) is 4.72 Å². The molecule has 0 aliphatic heterocycles. The lowest BCUT2D eigenvalue weighted by Gasteiger charge is -2.11. The molecule has 0 aliphatic rings. The van der Waals surface area contributed by atoms with Gasteiger partial charge in [-0.1, -0.05) is 15.9 Å². The molecule has 0 spiro atoms. The molecule has 2 aromatic carbocycles. The van der Waals surface area contributed by atoms with Crippen molar-refractivity contribution in [2.75, 3.05) is 4.72 Å². The Morgan fingerprint density at radius 3 is 2.10 bits per heavy atom. The summed E-state index contributed by atoms with van der Waals surface area (Å²) in [5.41, 5.74) is 0.868. The monoisotopic (exact) mass is 379 g/mol. The van der Waals surface area contributed by atoms with Gasteiger partial charge in [0, 0.05) is 16.6 Å². The minimum atomic E-state index is -4.51. The van der Waals surface area contributed by atoms with E-state index in [2.05, 4.69) is 20.7 Å². The Balaban J connectivity index is 2.48. The molecular weight excluding hydrogens is 371 g/mol. The van der Waals surface area contributed by atoms with Crippen molar-refractivity contribution in [1.82, 2.24) is 0 Å². The van der Waals surface area contributed by atoms with Crippen LogP contribution in [0.3, 0.4) is 0 Å². The Bertz CT molecular complexity index is 766. The topological polar surface area (TPSA) is 46.2 Å². The van der Waals surface area contributed by atoms with E-state index in [1.165, 1.54) is 12.1 Å². The van der Waals surface area contributed by atoms with Crippen LogP contribution in [0.15, 0.2) is 39.7 Å². The fourth-order valence-electron chi connectivity index (χ4n) is 1.79. The summed E-state index contributed by atoms with van der Waals surface area (Å²) in [5.74, 6) is -4.18. The van der Waals surface area contributed by atoms with E-state index in [4.69, 9.17) is 0 Å². The van der Waals surface area contributed by atoms with Gasteiger partial charge in [-0.2, -0.15) is 0 Å². The highest BCUT2D eigenvalue weighted by atomic mass is 79.9. The maximum atomic E-state index is 13.6. The van der Waals surface area contributed by atoms with Crippen LogP contribution < -0.4 is 4.72 Å². The van der Waals surface area contributed by atoms with Crippen molar-refractivity contribution >= 4 is 31.6 Å². The predicted molar refractivity (Wildman–Crippen MR) is 76.0 cm³/mol. The molecule has 8 heteroatoms. The lowest BCUT2D eigenvalue weighted by Crippen LogP contribution is -2.17. The second-order valence-electron chi connectivity index (χ2n) is 4.32. The molecule has 0 heterocycles. The molecule has 0 aliphatic carbocycles. The molecule has 0 bridgehead atoms. The van der Waals surface area contributed by atoms with Crippen molar-refractivity contribution in [3.05, 3.63) is 57.8 Å². The second kappa shape index (κ2) is 5.69. The third kappa shape index (κ3) is 3.56. The van der Waals surface area contributed by atoms with E-state index in [9.17, 15) is 21.6 Å². The number of hydrogen-bond donors (Lipinski definition) is 1. The molecule has 112 valence electrons. The summed E-state index contributed by atoms with van der Waals surface area (Å²) in [5, 5.41) is 0. The summed E-state index contributed by atoms with van der Waals surface area (Å²) in [6, 6.07) is 5.27. The lowest BCUT2D eigenvalue weighted by molar-refractivity contribution is 0.498. The fraction of sp³-hybridized carbons (Fsp3) is 0.0769. The average molecular weight is 380 g/mol. The van der Waals surface area contributed by atoms with Crippen molar-refractivity contribution in [3.63, 3.8) is 0 Å². The van der Waals surface area contributed by atoms with Gasteiger partial charge in [0.2, 0.25) is 0 Å². The van der Waals surface area contributed by atoms with Crippen molar-refractivity contribution < 1.29 is 21.6 Å². The minimum absolute atomic E-state index is 0.130. The summed E-state index contributed by atoms with van der Waals surface area (Å²) in [6.45, 7) is 1.72. The van der Waals surface area contributed by atoms with E-state index >= 15 is 0 Å². The smallest absolute Gasteiger partial charge is 0.267 e. The Hall–Kier alpha value is -1.54. The zero-order chi connectivity index (χ0) is 15.8. The van der Waals surface area contributed by atoms with Gasteiger partial charge in [0.1, 0.15) is 17.5 Å². The third-order valence-electron chi connectivity index (χ3n) is 2.53. The van der Waals surface area contributed by atoms with Crippen LogP contribution in [0.5, 0.6) is 0 Å². The number of sulfonamides is 1. The summed E-state index contributed by atoms with van der Waals surface area (Å²) < 4.78 is 66.7. The van der Waals surface area contributed by atoms with Gasteiger partial charge in [0.25, 0.3) is 10.0 Å². The largest absolute Gasteiger partial charge is 0.279 e. The van der Waals surface area contributed by atoms with Crippen molar-refractivity contribution in [2.24, 2.45) is 0 Å². The summed E-state index contributed by atoms with van der Waals surface area (Å²) in [6.07, 6.45) is 0. The molecule has 3 nitrogen and oxygen atoms in total.